The second-order valence-corrected chi connectivity index (χ2v) is 3.12. The number of rotatable bonds is 0. The van der Waals surface area contributed by atoms with E-state index in [1.54, 1.807) is 0 Å². The van der Waals surface area contributed by atoms with Crippen LogP contribution in [-0.4, -0.2) is 25.7 Å². The van der Waals surface area contributed by atoms with Gasteiger partial charge in [-0.1, -0.05) is 0 Å². The van der Waals surface area contributed by atoms with Crippen molar-refractivity contribution in [1.29, 1.82) is 0 Å². The van der Waals surface area contributed by atoms with Gasteiger partial charge in [-0.25, -0.2) is 0 Å². The first-order chi connectivity index (χ1) is 4.47. The third-order valence-corrected chi connectivity index (χ3v) is 2.50. The monoisotopic (exact) mass is 126 g/mol. The zero-order valence-corrected chi connectivity index (χ0v) is 5.69. The minimum atomic E-state index is 0.804. The molecule has 2 heterocycles. The molecule has 0 aromatic heterocycles. The quantitative estimate of drug-likeness (QED) is 0.476. The topological polar surface area (TPSA) is 24.1 Å². The third kappa shape index (κ3) is 0.970. The summed E-state index contributed by atoms with van der Waals surface area (Å²) in [4.78, 5) is 0. The molecule has 2 aliphatic heterocycles. The summed E-state index contributed by atoms with van der Waals surface area (Å²) in [5, 5.41) is 6.92. The Morgan fingerprint density at radius 2 is 2.22 bits per heavy atom. The summed E-state index contributed by atoms with van der Waals surface area (Å²) in [5.41, 5.74) is 0. The summed E-state index contributed by atoms with van der Waals surface area (Å²) in [5.74, 6) is 0.943. The standard InChI is InChI=1S/C7H14N2/c1-2-6-4-8-5-7(6)9-3-1/h6-9H,1-5H2/t6?,7-/m0/s1. The Bertz CT molecular complexity index is 91.1. The van der Waals surface area contributed by atoms with Gasteiger partial charge in [0.25, 0.3) is 0 Å². The van der Waals surface area contributed by atoms with E-state index in [-0.39, 0.29) is 0 Å². The van der Waals surface area contributed by atoms with Crippen LogP contribution in [0.5, 0.6) is 0 Å². The molecule has 0 aromatic carbocycles. The minimum Gasteiger partial charge on any atom is -0.315 e. The van der Waals surface area contributed by atoms with Crippen LogP contribution in [0.3, 0.4) is 0 Å². The van der Waals surface area contributed by atoms with Gasteiger partial charge in [-0.05, 0) is 31.8 Å². The number of hydrogen-bond donors (Lipinski definition) is 2. The largest absolute Gasteiger partial charge is 0.315 e. The summed E-state index contributed by atoms with van der Waals surface area (Å²) in [6.07, 6.45) is 2.81. The fraction of sp³-hybridized carbons (Fsp3) is 1.00. The Morgan fingerprint density at radius 3 is 3.11 bits per heavy atom. The van der Waals surface area contributed by atoms with E-state index in [2.05, 4.69) is 10.6 Å². The van der Waals surface area contributed by atoms with Crippen molar-refractivity contribution in [3.63, 3.8) is 0 Å². The number of fused-ring (bicyclic) bond motifs is 1. The average Bonchev–Trinajstić information content (AvgIpc) is 2.33. The molecule has 2 aliphatic rings. The van der Waals surface area contributed by atoms with Crippen LogP contribution in [0.2, 0.25) is 0 Å². The van der Waals surface area contributed by atoms with Crippen LogP contribution in [0.15, 0.2) is 0 Å². The smallest absolute Gasteiger partial charge is 0.0232 e. The zero-order valence-electron chi connectivity index (χ0n) is 5.69. The van der Waals surface area contributed by atoms with E-state index >= 15 is 0 Å². The van der Waals surface area contributed by atoms with Crippen LogP contribution in [0.25, 0.3) is 0 Å². The maximum absolute atomic E-state index is 3.52. The van der Waals surface area contributed by atoms with Crippen LogP contribution >= 0.6 is 0 Å². The molecule has 0 saturated carbocycles. The highest BCUT2D eigenvalue weighted by molar-refractivity contribution is 4.89. The molecule has 0 bridgehead atoms. The predicted molar refractivity (Wildman–Crippen MR) is 37.4 cm³/mol. The fourth-order valence-electron chi connectivity index (χ4n) is 1.93. The lowest BCUT2D eigenvalue weighted by atomic mass is 9.94. The van der Waals surface area contributed by atoms with Gasteiger partial charge in [-0.3, -0.25) is 0 Å². The van der Waals surface area contributed by atoms with Gasteiger partial charge in [0.05, 0.1) is 0 Å². The maximum Gasteiger partial charge on any atom is 0.0232 e. The van der Waals surface area contributed by atoms with E-state index in [4.69, 9.17) is 0 Å². The lowest BCUT2D eigenvalue weighted by Gasteiger charge is -2.24. The summed E-state index contributed by atoms with van der Waals surface area (Å²) in [6, 6.07) is 0.804. The van der Waals surface area contributed by atoms with Crippen molar-refractivity contribution in [2.75, 3.05) is 19.6 Å². The van der Waals surface area contributed by atoms with Crippen molar-refractivity contribution in [3.05, 3.63) is 0 Å². The Hall–Kier alpha value is -0.0800. The van der Waals surface area contributed by atoms with Crippen LogP contribution in [0.1, 0.15) is 12.8 Å². The van der Waals surface area contributed by atoms with Crippen molar-refractivity contribution < 1.29 is 0 Å². The van der Waals surface area contributed by atoms with Crippen LogP contribution in [-0.2, 0) is 0 Å². The Labute approximate surface area is 56.0 Å². The minimum absolute atomic E-state index is 0.804. The number of piperidine rings is 1. The lowest BCUT2D eigenvalue weighted by molar-refractivity contribution is 0.339. The molecular weight excluding hydrogens is 112 g/mol. The van der Waals surface area contributed by atoms with Gasteiger partial charge in [-0.2, -0.15) is 0 Å². The average molecular weight is 126 g/mol. The van der Waals surface area contributed by atoms with Crippen molar-refractivity contribution in [1.82, 2.24) is 10.6 Å². The van der Waals surface area contributed by atoms with Gasteiger partial charge in [0.15, 0.2) is 0 Å². The molecule has 2 nitrogen and oxygen atoms in total. The Balaban J connectivity index is 1.97. The fourth-order valence-corrected chi connectivity index (χ4v) is 1.93. The van der Waals surface area contributed by atoms with E-state index in [0.717, 1.165) is 12.0 Å². The van der Waals surface area contributed by atoms with Crippen molar-refractivity contribution in [2.24, 2.45) is 5.92 Å². The van der Waals surface area contributed by atoms with E-state index in [9.17, 15) is 0 Å². The van der Waals surface area contributed by atoms with E-state index in [1.165, 1.54) is 32.5 Å². The zero-order chi connectivity index (χ0) is 6.10. The molecule has 2 heteroatoms. The van der Waals surface area contributed by atoms with E-state index in [0.29, 0.717) is 0 Å². The van der Waals surface area contributed by atoms with Crippen molar-refractivity contribution in [3.8, 4) is 0 Å². The first-order valence-electron chi connectivity index (χ1n) is 3.91. The first kappa shape index (κ1) is 5.69. The molecule has 9 heavy (non-hydrogen) atoms. The maximum atomic E-state index is 3.52. The van der Waals surface area contributed by atoms with Crippen LogP contribution in [0, 0.1) is 5.92 Å². The molecule has 0 amide bonds. The normalized spacial score (nSPS) is 42.7. The highest BCUT2D eigenvalue weighted by atomic mass is 15.0. The molecule has 2 N–H and O–H groups in total. The molecule has 0 aromatic rings. The molecule has 2 atom stereocenters. The van der Waals surface area contributed by atoms with E-state index < -0.39 is 0 Å². The molecule has 0 radical (unpaired) electrons. The van der Waals surface area contributed by atoms with Crippen LogP contribution in [0.4, 0.5) is 0 Å². The highest BCUT2D eigenvalue weighted by Crippen LogP contribution is 2.18. The number of nitrogens with one attached hydrogen (secondary N) is 2. The van der Waals surface area contributed by atoms with E-state index in [1.807, 2.05) is 0 Å². The van der Waals surface area contributed by atoms with Gasteiger partial charge in [-0.15, -0.1) is 0 Å². The Morgan fingerprint density at radius 1 is 1.22 bits per heavy atom. The molecule has 1 unspecified atom stereocenters. The summed E-state index contributed by atoms with van der Waals surface area (Å²) in [7, 11) is 0. The summed E-state index contributed by atoms with van der Waals surface area (Å²) >= 11 is 0. The van der Waals surface area contributed by atoms with Gasteiger partial charge in [0, 0.05) is 12.6 Å². The number of hydrogen-bond acceptors (Lipinski definition) is 2. The molecule has 2 saturated heterocycles. The SMILES string of the molecule is C1CN[C@H]2CNCC2C1. The van der Waals surface area contributed by atoms with Crippen molar-refractivity contribution in [2.45, 2.75) is 18.9 Å². The molecular formula is C7H14N2. The summed E-state index contributed by atoms with van der Waals surface area (Å²) < 4.78 is 0. The van der Waals surface area contributed by atoms with Gasteiger partial charge in [0.2, 0.25) is 0 Å². The highest BCUT2D eigenvalue weighted by Gasteiger charge is 2.28. The molecule has 2 fully saturated rings. The second-order valence-electron chi connectivity index (χ2n) is 3.12. The molecule has 0 spiro atoms. The molecule has 52 valence electrons. The predicted octanol–water partition coefficient (Wildman–Crippen LogP) is -0.0422. The second kappa shape index (κ2) is 2.27. The summed E-state index contributed by atoms with van der Waals surface area (Å²) in [6.45, 7) is 3.69. The van der Waals surface area contributed by atoms with Gasteiger partial charge >= 0.3 is 0 Å². The lowest BCUT2D eigenvalue weighted by Crippen LogP contribution is -2.40. The molecule has 2 rings (SSSR count). The van der Waals surface area contributed by atoms with Gasteiger partial charge < -0.3 is 10.6 Å². The Kier molecular flexibility index (Phi) is 1.44. The van der Waals surface area contributed by atoms with Crippen LogP contribution < -0.4 is 10.6 Å². The molecule has 0 aliphatic carbocycles. The third-order valence-electron chi connectivity index (χ3n) is 2.50. The van der Waals surface area contributed by atoms with Gasteiger partial charge in [0.1, 0.15) is 0 Å². The first-order valence-corrected chi connectivity index (χ1v) is 3.91. The van der Waals surface area contributed by atoms with Crippen molar-refractivity contribution >= 4 is 0 Å².